The lowest BCUT2D eigenvalue weighted by Gasteiger charge is -2.13. The smallest absolute Gasteiger partial charge is 0.326 e. The van der Waals surface area contributed by atoms with Gasteiger partial charge in [-0.1, -0.05) is 18.2 Å². The molecule has 4 rings (SSSR count). The highest BCUT2D eigenvalue weighted by atomic mass is 16.2. The lowest BCUT2D eigenvalue weighted by atomic mass is 10.2. The zero-order chi connectivity index (χ0) is 21.3. The number of hydrogen-bond acceptors (Lipinski definition) is 4. The van der Waals surface area contributed by atoms with Crippen LogP contribution in [0.2, 0.25) is 0 Å². The topological polar surface area (TPSA) is 102 Å². The molecule has 8 heteroatoms. The first kappa shape index (κ1) is 19.6. The molecule has 0 aliphatic heterocycles. The summed E-state index contributed by atoms with van der Waals surface area (Å²) in [6.07, 6.45) is 1.82. The third-order valence-corrected chi connectivity index (χ3v) is 5.11. The first-order valence-corrected chi connectivity index (χ1v) is 9.91. The van der Waals surface area contributed by atoms with Crippen molar-refractivity contribution in [1.29, 1.82) is 0 Å². The molecular formula is C22H22N4O4. The zero-order valence-corrected chi connectivity index (χ0v) is 16.6. The molecule has 8 nitrogen and oxygen atoms in total. The van der Waals surface area contributed by atoms with Gasteiger partial charge in [-0.3, -0.25) is 23.5 Å². The summed E-state index contributed by atoms with van der Waals surface area (Å²) in [6, 6.07) is 13.6. The van der Waals surface area contributed by atoms with Gasteiger partial charge in [-0.15, -0.1) is 0 Å². The molecule has 1 heterocycles. The highest BCUT2D eigenvalue weighted by molar-refractivity contribution is 5.96. The number of carbonyl (C=O) groups excluding carboxylic acids is 2. The van der Waals surface area contributed by atoms with Gasteiger partial charge in [0.05, 0.1) is 10.9 Å². The van der Waals surface area contributed by atoms with Crippen molar-refractivity contribution in [3.8, 4) is 0 Å². The summed E-state index contributed by atoms with van der Waals surface area (Å²) in [4.78, 5) is 49.9. The Balaban J connectivity index is 1.58. The number of amides is 2. The number of fused-ring (bicyclic) bond motifs is 1. The van der Waals surface area contributed by atoms with Crippen LogP contribution < -0.4 is 21.9 Å². The molecule has 1 aliphatic rings. The maximum atomic E-state index is 12.8. The van der Waals surface area contributed by atoms with E-state index in [0.29, 0.717) is 22.3 Å². The normalized spacial score (nSPS) is 13.2. The standard InChI is InChI=1S/C22H22N4O4/c1-2-25-21(29)17-8-3-4-9-18(17)26(22(25)30)13-19(27)23-15-6-5-7-16(12-15)24-20(28)14-10-11-14/h3-9,12,14H,2,10-11,13H2,1H3,(H,23,27)(H,24,28). The van der Waals surface area contributed by atoms with Crippen molar-refractivity contribution < 1.29 is 9.59 Å². The van der Waals surface area contributed by atoms with E-state index in [0.717, 1.165) is 17.4 Å². The van der Waals surface area contributed by atoms with Gasteiger partial charge in [0.1, 0.15) is 6.54 Å². The Labute approximate surface area is 172 Å². The second kappa shape index (κ2) is 7.98. The van der Waals surface area contributed by atoms with E-state index in [1.165, 1.54) is 4.57 Å². The summed E-state index contributed by atoms with van der Waals surface area (Å²) in [5, 5.41) is 5.98. The molecule has 2 N–H and O–H groups in total. The van der Waals surface area contributed by atoms with Gasteiger partial charge in [0, 0.05) is 23.8 Å². The summed E-state index contributed by atoms with van der Waals surface area (Å²) in [6.45, 7) is 1.69. The van der Waals surface area contributed by atoms with Crippen molar-refractivity contribution in [2.45, 2.75) is 32.9 Å². The number of para-hydroxylation sites is 1. The van der Waals surface area contributed by atoms with Crippen molar-refractivity contribution in [2.24, 2.45) is 5.92 Å². The monoisotopic (exact) mass is 406 g/mol. The maximum absolute atomic E-state index is 12.8. The van der Waals surface area contributed by atoms with E-state index in [2.05, 4.69) is 10.6 Å². The van der Waals surface area contributed by atoms with Crippen molar-refractivity contribution in [3.63, 3.8) is 0 Å². The predicted molar refractivity (Wildman–Crippen MR) is 115 cm³/mol. The van der Waals surface area contributed by atoms with E-state index in [1.54, 1.807) is 55.5 Å². The van der Waals surface area contributed by atoms with Crippen molar-refractivity contribution in [3.05, 3.63) is 69.4 Å². The number of nitrogens with one attached hydrogen (secondary N) is 2. The molecule has 154 valence electrons. The molecule has 2 amide bonds. The maximum Gasteiger partial charge on any atom is 0.331 e. The SMILES string of the molecule is CCn1c(=O)c2ccccc2n(CC(=O)Nc2cccc(NC(=O)C3CC3)c2)c1=O. The van der Waals surface area contributed by atoms with Gasteiger partial charge >= 0.3 is 5.69 Å². The molecule has 0 spiro atoms. The molecule has 30 heavy (non-hydrogen) atoms. The number of hydrogen-bond donors (Lipinski definition) is 2. The van der Waals surface area contributed by atoms with Crippen LogP contribution >= 0.6 is 0 Å². The van der Waals surface area contributed by atoms with Crippen LogP contribution in [-0.4, -0.2) is 20.9 Å². The van der Waals surface area contributed by atoms with E-state index in [-0.39, 0.29) is 30.5 Å². The predicted octanol–water partition coefficient (Wildman–Crippen LogP) is 2.17. The Morgan fingerprint density at radius 1 is 0.967 bits per heavy atom. The molecule has 0 atom stereocenters. The third kappa shape index (κ3) is 3.89. The lowest BCUT2D eigenvalue weighted by Crippen LogP contribution is -2.41. The fraction of sp³-hybridized carbons (Fsp3) is 0.273. The zero-order valence-electron chi connectivity index (χ0n) is 16.6. The third-order valence-electron chi connectivity index (χ3n) is 5.11. The number of aromatic nitrogens is 2. The van der Waals surface area contributed by atoms with Crippen LogP contribution in [0.3, 0.4) is 0 Å². The molecular weight excluding hydrogens is 384 g/mol. The summed E-state index contributed by atoms with van der Waals surface area (Å²) < 4.78 is 2.41. The highest BCUT2D eigenvalue weighted by Crippen LogP contribution is 2.30. The van der Waals surface area contributed by atoms with Crippen molar-refractivity contribution >= 4 is 34.1 Å². The summed E-state index contributed by atoms with van der Waals surface area (Å²) in [5.74, 6) is -0.342. The van der Waals surface area contributed by atoms with E-state index >= 15 is 0 Å². The van der Waals surface area contributed by atoms with Crippen molar-refractivity contribution in [2.75, 3.05) is 10.6 Å². The number of benzene rings is 2. The van der Waals surface area contributed by atoms with Gasteiger partial charge in [-0.2, -0.15) is 0 Å². The lowest BCUT2D eigenvalue weighted by molar-refractivity contribution is -0.117. The minimum absolute atomic E-state index is 0.0154. The Morgan fingerprint density at radius 2 is 1.67 bits per heavy atom. The van der Waals surface area contributed by atoms with Gasteiger partial charge < -0.3 is 10.6 Å². The molecule has 0 bridgehead atoms. The summed E-state index contributed by atoms with van der Waals surface area (Å²) >= 11 is 0. The van der Waals surface area contributed by atoms with Gasteiger partial charge in [-0.05, 0) is 50.1 Å². The van der Waals surface area contributed by atoms with Gasteiger partial charge in [-0.25, -0.2) is 4.79 Å². The first-order chi connectivity index (χ1) is 14.5. The van der Waals surface area contributed by atoms with E-state index in [9.17, 15) is 19.2 Å². The molecule has 3 aromatic rings. The van der Waals surface area contributed by atoms with E-state index < -0.39 is 11.6 Å². The minimum atomic E-state index is -0.526. The van der Waals surface area contributed by atoms with Gasteiger partial charge in [0.15, 0.2) is 0 Å². The van der Waals surface area contributed by atoms with Crippen LogP contribution in [0.5, 0.6) is 0 Å². The Kier molecular flexibility index (Phi) is 5.22. The van der Waals surface area contributed by atoms with Crippen molar-refractivity contribution in [1.82, 2.24) is 9.13 Å². The van der Waals surface area contributed by atoms with Crippen LogP contribution in [0.1, 0.15) is 19.8 Å². The average molecular weight is 406 g/mol. The van der Waals surface area contributed by atoms with Gasteiger partial charge in [0.2, 0.25) is 11.8 Å². The quantitative estimate of drug-likeness (QED) is 0.655. The van der Waals surface area contributed by atoms with E-state index in [1.807, 2.05) is 0 Å². The molecule has 0 saturated heterocycles. The molecule has 0 unspecified atom stereocenters. The number of anilines is 2. The Bertz CT molecular complexity index is 1250. The number of carbonyl (C=O) groups is 2. The van der Waals surface area contributed by atoms with Crippen LogP contribution in [-0.2, 0) is 22.7 Å². The average Bonchev–Trinajstić information content (AvgIpc) is 3.57. The van der Waals surface area contributed by atoms with Crippen LogP contribution in [0.15, 0.2) is 58.1 Å². The molecule has 0 radical (unpaired) electrons. The van der Waals surface area contributed by atoms with Crippen LogP contribution in [0, 0.1) is 5.92 Å². The minimum Gasteiger partial charge on any atom is -0.326 e. The number of nitrogens with zero attached hydrogens (tertiary/aromatic N) is 2. The van der Waals surface area contributed by atoms with Crippen LogP contribution in [0.4, 0.5) is 11.4 Å². The largest absolute Gasteiger partial charge is 0.331 e. The van der Waals surface area contributed by atoms with Crippen LogP contribution in [0.25, 0.3) is 10.9 Å². The first-order valence-electron chi connectivity index (χ1n) is 9.91. The fourth-order valence-electron chi connectivity index (χ4n) is 3.41. The second-order valence-electron chi connectivity index (χ2n) is 7.33. The molecule has 1 aliphatic carbocycles. The summed E-state index contributed by atoms with van der Waals surface area (Å²) in [5.41, 5.74) is 0.634. The summed E-state index contributed by atoms with van der Waals surface area (Å²) in [7, 11) is 0. The van der Waals surface area contributed by atoms with E-state index in [4.69, 9.17) is 0 Å². The number of rotatable bonds is 6. The molecule has 1 saturated carbocycles. The molecule has 2 aromatic carbocycles. The van der Waals surface area contributed by atoms with Gasteiger partial charge in [0.25, 0.3) is 5.56 Å². The highest BCUT2D eigenvalue weighted by Gasteiger charge is 2.29. The molecule has 1 fully saturated rings. The Morgan fingerprint density at radius 3 is 2.37 bits per heavy atom. The molecule has 1 aromatic heterocycles. The Hall–Kier alpha value is -3.68. The second-order valence-corrected chi connectivity index (χ2v) is 7.33. The fourth-order valence-corrected chi connectivity index (χ4v) is 3.41.